The zero-order valence-electron chi connectivity index (χ0n) is 16.0. The van der Waals surface area contributed by atoms with Crippen LogP contribution in [0.1, 0.15) is 23.2 Å². The van der Waals surface area contributed by atoms with Gasteiger partial charge >= 0.3 is 0 Å². The van der Waals surface area contributed by atoms with Gasteiger partial charge in [0, 0.05) is 37.3 Å². The molecule has 2 amide bonds. The van der Waals surface area contributed by atoms with E-state index in [2.05, 4.69) is 9.97 Å². The minimum absolute atomic E-state index is 0.0432. The number of aromatic amines is 1. The molecule has 148 valence electrons. The summed E-state index contributed by atoms with van der Waals surface area (Å²) < 4.78 is 0. The lowest BCUT2D eigenvalue weighted by Gasteiger charge is -2.35. The van der Waals surface area contributed by atoms with Crippen LogP contribution in [-0.4, -0.2) is 68.5 Å². The highest BCUT2D eigenvalue weighted by atomic mass is 16.3. The summed E-state index contributed by atoms with van der Waals surface area (Å²) in [6, 6.07) is 15.3. The van der Waals surface area contributed by atoms with Crippen LogP contribution in [0, 0.1) is 0 Å². The van der Waals surface area contributed by atoms with Gasteiger partial charge in [0.1, 0.15) is 11.4 Å². The van der Waals surface area contributed by atoms with Gasteiger partial charge < -0.3 is 19.9 Å². The molecule has 7 heteroatoms. The van der Waals surface area contributed by atoms with Crippen molar-refractivity contribution in [3.8, 4) is 11.4 Å². The Hall–Kier alpha value is -3.19. The lowest BCUT2D eigenvalue weighted by atomic mass is 10.1. The molecule has 2 aromatic carbocycles. The number of nitrogens with one attached hydrogen (secondary N) is 1. The van der Waals surface area contributed by atoms with Crippen LogP contribution < -0.4 is 0 Å². The highest BCUT2D eigenvalue weighted by Crippen LogP contribution is 2.37. The van der Waals surface area contributed by atoms with Gasteiger partial charge in [-0.2, -0.15) is 0 Å². The van der Waals surface area contributed by atoms with E-state index in [-0.39, 0.29) is 11.8 Å². The zero-order valence-corrected chi connectivity index (χ0v) is 16.0. The summed E-state index contributed by atoms with van der Waals surface area (Å²) in [7, 11) is 0. The van der Waals surface area contributed by atoms with E-state index in [4.69, 9.17) is 0 Å². The number of aliphatic hydroxyl groups is 1. The molecule has 7 nitrogen and oxygen atoms in total. The number of carbonyl (C=O) groups is 2. The third-order valence-electron chi connectivity index (χ3n) is 5.77. The van der Waals surface area contributed by atoms with Gasteiger partial charge in [-0.25, -0.2) is 4.98 Å². The van der Waals surface area contributed by atoms with Crippen LogP contribution >= 0.6 is 0 Å². The number of nitrogens with zero attached hydrogens (tertiary/aromatic N) is 3. The quantitative estimate of drug-likeness (QED) is 0.716. The van der Waals surface area contributed by atoms with Crippen LogP contribution in [0.25, 0.3) is 22.4 Å². The molecule has 0 atom stereocenters. The lowest BCUT2D eigenvalue weighted by Crippen LogP contribution is -2.53. The summed E-state index contributed by atoms with van der Waals surface area (Å²) in [6.45, 7) is 1.88. The van der Waals surface area contributed by atoms with Crippen LogP contribution in [0.15, 0.2) is 48.5 Å². The average molecular weight is 390 g/mol. The normalized spacial score (nSPS) is 18.1. The minimum atomic E-state index is -1.14. The van der Waals surface area contributed by atoms with E-state index < -0.39 is 5.60 Å². The molecule has 29 heavy (non-hydrogen) atoms. The van der Waals surface area contributed by atoms with Crippen molar-refractivity contribution in [1.82, 2.24) is 19.8 Å². The van der Waals surface area contributed by atoms with Gasteiger partial charge in [0.15, 0.2) is 0 Å². The molecule has 1 aliphatic carbocycles. The molecule has 2 heterocycles. The highest BCUT2D eigenvalue weighted by Gasteiger charge is 2.50. The molecule has 0 radical (unpaired) electrons. The summed E-state index contributed by atoms with van der Waals surface area (Å²) in [5, 5.41) is 9.99. The van der Waals surface area contributed by atoms with Crippen molar-refractivity contribution in [3.05, 3.63) is 54.1 Å². The predicted molar refractivity (Wildman–Crippen MR) is 108 cm³/mol. The summed E-state index contributed by atoms with van der Waals surface area (Å²) in [6.07, 6.45) is 1.09. The fourth-order valence-corrected chi connectivity index (χ4v) is 3.78. The highest BCUT2D eigenvalue weighted by molar-refractivity contribution is 5.95. The van der Waals surface area contributed by atoms with E-state index in [0.29, 0.717) is 44.6 Å². The van der Waals surface area contributed by atoms with Crippen LogP contribution in [-0.2, 0) is 4.79 Å². The third-order valence-corrected chi connectivity index (χ3v) is 5.77. The van der Waals surface area contributed by atoms with E-state index in [1.165, 1.54) is 0 Å². The van der Waals surface area contributed by atoms with Gasteiger partial charge in [-0.15, -0.1) is 0 Å². The minimum Gasteiger partial charge on any atom is -0.380 e. The first-order valence-corrected chi connectivity index (χ1v) is 9.90. The van der Waals surface area contributed by atoms with Crippen molar-refractivity contribution in [2.45, 2.75) is 18.4 Å². The fraction of sp³-hybridized carbons (Fsp3) is 0.318. The summed E-state index contributed by atoms with van der Waals surface area (Å²) >= 11 is 0. The maximum atomic E-state index is 12.8. The second-order valence-corrected chi connectivity index (χ2v) is 7.80. The van der Waals surface area contributed by atoms with Gasteiger partial charge in [0.2, 0.25) is 0 Å². The number of para-hydroxylation sites is 2. The van der Waals surface area contributed by atoms with Gasteiger partial charge in [-0.05, 0) is 37.1 Å². The van der Waals surface area contributed by atoms with E-state index in [1.54, 1.807) is 9.80 Å². The van der Waals surface area contributed by atoms with Crippen molar-refractivity contribution >= 4 is 22.8 Å². The summed E-state index contributed by atoms with van der Waals surface area (Å²) in [5.74, 6) is 0.536. The lowest BCUT2D eigenvalue weighted by molar-refractivity contribution is -0.143. The number of H-pyrrole nitrogens is 1. The molecule has 1 aliphatic heterocycles. The first kappa shape index (κ1) is 17.9. The molecule has 1 saturated heterocycles. The molecule has 5 rings (SSSR count). The maximum absolute atomic E-state index is 12.8. The second kappa shape index (κ2) is 6.70. The molecule has 0 bridgehead atoms. The standard InChI is InChI=1S/C22H22N4O3/c27-20(25-11-13-26(14-12-25)21(28)22(29)9-10-22)16-7-5-15(6-8-16)19-23-17-3-1-2-4-18(17)24-19/h1-8,29H,9-14H2,(H,23,24). The Morgan fingerprint density at radius 1 is 0.931 bits per heavy atom. The second-order valence-electron chi connectivity index (χ2n) is 7.80. The van der Waals surface area contributed by atoms with E-state index in [0.717, 1.165) is 22.4 Å². The Labute approximate surface area is 168 Å². The number of imidazole rings is 1. The Kier molecular flexibility index (Phi) is 4.13. The number of aromatic nitrogens is 2. The topological polar surface area (TPSA) is 89.5 Å². The molecule has 1 aromatic heterocycles. The predicted octanol–water partition coefficient (Wildman–Crippen LogP) is 2.04. The number of fused-ring (bicyclic) bond motifs is 1. The van der Waals surface area contributed by atoms with Gasteiger partial charge in [-0.1, -0.05) is 24.3 Å². The molecule has 2 N–H and O–H groups in total. The SMILES string of the molecule is O=C(c1ccc(-c2nc3ccccc3[nH]2)cc1)N1CCN(C(=O)C2(O)CC2)CC1. The van der Waals surface area contributed by atoms with Crippen molar-refractivity contribution in [2.24, 2.45) is 0 Å². The number of hydrogen-bond donors (Lipinski definition) is 2. The fourth-order valence-electron chi connectivity index (χ4n) is 3.78. The number of amides is 2. The van der Waals surface area contributed by atoms with Crippen LogP contribution in [0.5, 0.6) is 0 Å². The van der Waals surface area contributed by atoms with Crippen molar-refractivity contribution < 1.29 is 14.7 Å². The van der Waals surface area contributed by atoms with Gasteiger partial charge in [-0.3, -0.25) is 9.59 Å². The smallest absolute Gasteiger partial charge is 0.254 e. The molecular weight excluding hydrogens is 368 g/mol. The first-order valence-electron chi connectivity index (χ1n) is 9.90. The largest absolute Gasteiger partial charge is 0.380 e. The zero-order chi connectivity index (χ0) is 20.0. The molecule has 1 saturated carbocycles. The molecule has 2 aliphatic rings. The number of benzene rings is 2. The molecule has 2 fully saturated rings. The number of carbonyl (C=O) groups excluding carboxylic acids is 2. The van der Waals surface area contributed by atoms with Crippen LogP contribution in [0.4, 0.5) is 0 Å². The number of piperazine rings is 1. The third kappa shape index (κ3) is 3.27. The Balaban J connectivity index is 1.25. The van der Waals surface area contributed by atoms with Gasteiger partial charge in [0.25, 0.3) is 11.8 Å². The number of hydrogen-bond acceptors (Lipinski definition) is 4. The Morgan fingerprint density at radius 3 is 2.24 bits per heavy atom. The van der Waals surface area contributed by atoms with Gasteiger partial charge in [0.05, 0.1) is 11.0 Å². The van der Waals surface area contributed by atoms with E-state index >= 15 is 0 Å². The van der Waals surface area contributed by atoms with Crippen LogP contribution in [0.3, 0.4) is 0 Å². The molecular formula is C22H22N4O3. The summed E-state index contributed by atoms with van der Waals surface area (Å²) in [4.78, 5) is 36.4. The average Bonchev–Trinajstić information content (AvgIpc) is 3.37. The Bertz CT molecular complexity index is 1040. The molecule has 0 spiro atoms. The molecule has 0 unspecified atom stereocenters. The molecule has 3 aromatic rings. The Morgan fingerprint density at radius 2 is 1.59 bits per heavy atom. The van der Waals surface area contributed by atoms with Crippen molar-refractivity contribution in [3.63, 3.8) is 0 Å². The number of rotatable bonds is 3. The monoisotopic (exact) mass is 390 g/mol. The summed E-state index contributed by atoms with van der Waals surface area (Å²) in [5.41, 5.74) is 2.28. The van der Waals surface area contributed by atoms with Crippen LogP contribution in [0.2, 0.25) is 0 Å². The van der Waals surface area contributed by atoms with E-state index in [9.17, 15) is 14.7 Å². The first-order chi connectivity index (χ1) is 14.0. The maximum Gasteiger partial charge on any atom is 0.254 e. The van der Waals surface area contributed by atoms with Crippen molar-refractivity contribution in [2.75, 3.05) is 26.2 Å². The van der Waals surface area contributed by atoms with Crippen molar-refractivity contribution in [1.29, 1.82) is 0 Å². The van der Waals surface area contributed by atoms with E-state index in [1.807, 2.05) is 48.5 Å².